The third kappa shape index (κ3) is 2.91. The second-order valence-electron chi connectivity index (χ2n) is 5.82. The molecule has 24 heavy (non-hydrogen) atoms. The van der Waals surface area contributed by atoms with Gasteiger partial charge in [0, 0.05) is 22.3 Å². The van der Waals surface area contributed by atoms with Crippen molar-refractivity contribution < 1.29 is 9.59 Å². The first-order valence-corrected chi connectivity index (χ1v) is 7.89. The molecule has 3 aromatic carbocycles. The molecule has 2 heteroatoms. The fourth-order valence-electron chi connectivity index (χ4n) is 2.78. The Kier molecular flexibility index (Phi) is 4.39. The Morgan fingerprint density at radius 2 is 1.12 bits per heavy atom. The molecule has 0 atom stereocenters. The van der Waals surface area contributed by atoms with Crippen molar-refractivity contribution in [1.29, 1.82) is 0 Å². The van der Waals surface area contributed by atoms with Crippen molar-refractivity contribution in [1.82, 2.24) is 0 Å². The molecule has 3 aromatic rings. The van der Waals surface area contributed by atoms with Crippen LogP contribution >= 0.6 is 0 Å². The average Bonchev–Trinajstić information content (AvgIpc) is 2.64. The molecule has 0 heterocycles. The fraction of sp³-hybridized carbons (Fsp3) is 0.0909. The van der Waals surface area contributed by atoms with Crippen molar-refractivity contribution in [3.8, 4) is 0 Å². The van der Waals surface area contributed by atoms with Crippen molar-refractivity contribution in [2.75, 3.05) is 0 Å². The Morgan fingerprint density at radius 1 is 0.625 bits per heavy atom. The van der Waals surface area contributed by atoms with Crippen LogP contribution in [-0.2, 0) is 0 Å². The van der Waals surface area contributed by atoms with Gasteiger partial charge in [0.15, 0.2) is 11.6 Å². The predicted octanol–water partition coefficient (Wildman–Crippen LogP) is 4.77. The Labute approximate surface area is 141 Å². The summed E-state index contributed by atoms with van der Waals surface area (Å²) >= 11 is 0. The SMILES string of the molecule is Cc1ccc(C(=O)c2ccccc2)c(C(=O)c2ccccc2)c1C. The predicted molar refractivity (Wildman–Crippen MR) is 95.7 cm³/mol. The van der Waals surface area contributed by atoms with E-state index < -0.39 is 0 Å². The van der Waals surface area contributed by atoms with Crippen LogP contribution in [0, 0.1) is 13.8 Å². The summed E-state index contributed by atoms with van der Waals surface area (Å²) < 4.78 is 0. The monoisotopic (exact) mass is 314 g/mol. The highest BCUT2D eigenvalue weighted by molar-refractivity contribution is 6.20. The molecular formula is C22H18O2. The maximum Gasteiger partial charge on any atom is 0.194 e. The number of hydrogen-bond acceptors (Lipinski definition) is 2. The minimum absolute atomic E-state index is 0.115. The topological polar surface area (TPSA) is 34.1 Å². The minimum Gasteiger partial charge on any atom is -0.289 e. The highest BCUT2D eigenvalue weighted by Gasteiger charge is 2.22. The van der Waals surface area contributed by atoms with Crippen LogP contribution in [0.15, 0.2) is 72.8 Å². The van der Waals surface area contributed by atoms with Crippen molar-refractivity contribution in [2.45, 2.75) is 13.8 Å². The van der Waals surface area contributed by atoms with Crippen LogP contribution in [0.5, 0.6) is 0 Å². The molecule has 0 unspecified atom stereocenters. The molecule has 0 spiro atoms. The van der Waals surface area contributed by atoms with E-state index in [4.69, 9.17) is 0 Å². The van der Waals surface area contributed by atoms with Gasteiger partial charge in [0.2, 0.25) is 0 Å². The van der Waals surface area contributed by atoms with Gasteiger partial charge in [0.1, 0.15) is 0 Å². The van der Waals surface area contributed by atoms with Crippen LogP contribution < -0.4 is 0 Å². The van der Waals surface area contributed by atoms with Gasteiger partial charge in [-0.3, -0.25) is 9.59 Å². The van der Waals surface area contributed by atoms with Crippen LogP contribution in [0.25, 0.3) is 0 Å². The van der Waals surface area contributed by atoms with Gasteiger partial charge >= 0.3 is 0 Å². The first-order valence-electron chi connectivity index (χ1n) is 7.89. The summed E-state index contributed by atoms with van der Waals surface area (Å²) in [6.45, 7) is 3.85. The second-order valence-corrected chi connectivity index (χ2v) is 5.82. The van der Waals surface area contributed by atoms with E-state index in [0.29, 0.717) is 22.3 Å². The highest BCUT2D eigenvalue weighted by atomic mass is 16.1. The zero-order valence-corrected chi connectivity index (χ0v) is 13.7. The molecule has 0 bridgehead atoms. The largest absolute Gasteiger partial charge is 0.289 e. The Balaban J connectivity index is 2.16. The molecule has 0 saturated heterocycles. The van der Waals surface area contributed by atoms with Crippen LogP contribution in [0.1, 0.15) is 43.0 Å². The van der Waals surface area contributed by atoms with Crippen molar-refractivity contribution >= 4 is 11.6 Å². The standard InChI is InChI=1S/C22H18O2/c1-15-13-14-19(21(23)17-9-5-3-6-10-17)20(16(15)2)22(24)18-11-7-4-8-12-18/h3-14H,1-2H3. The zero-order valence-electron chi connectivity index (χ0n) is 13.7. The van der Waals surface area contributed by atoms with Crippen molar-refractivity contribution in [3.63, 3.8) is 0 Å². The molecule has 0 fully saturated rings. The number of aryl methyl sites for hydroxylation is 1. The Bertz CT molecular complexity index is 894. The van der Waals surface area contributed by atoms with E-state index in [0.717, 1.165) is 11.1 Å². The van der Waals surface area contributed by atoms with Gasteiger partial charge in [-0.25, -0.2) is 0 Å². The van der Waals surface area contributed by atoms with E-state index in [1.807, 2.05) is 56.3 Å². The van der Waals surface area contributed by atoms with E-state index in [1.54, 1.807) is 30.3 Å². The third-order valence-corrected chi connectivity index (χ3v) is 4.28. The zero-order chi connectivity index (χ0) is 17.1. The number of carbonyl (C=O) groups excluding carboxylic acids is 2. The van der Waals surface area contributed by atoms with E-state index in [2.05, 4.69) is 0 Å². The number of rotatable bonds is 4. The van der Waals surface area contributed by atoms with Gasteiger partial charge in [0.25, 0.3) is 0 Å². The molecule has 0 aliphatic rings. The molecule has 0 N–H and O–H groups in total. The molecule has 0 aromatic heterocycles. The maximum absolute atomic E-state index is 13.0. The molecule has 0 aliphatic heterocycles. The summed E-state index contributed by atoms with van der Waals surface area (Å²) in [5.74, 6) is -0.242. The van der Waals surface area contributed by atoms with E-state index in [9.17, 15) is 9.59 Å². The van der Waals surface area contributed by atoms with E-state index in [-0.39, 0.29) is 11.6 Å². The maximum atomic E-state index is 13.0. The number of benzene rings is 3. The van der Waals surface area contributed by atoms with Crippen LogP contribution in [0.2, 0.25) is 0 Å². The molecule has 0 radical (unpaired) electrons. The first kappa shape index (κ1) is 15.9. The summed E-state index contributed by atoms with van der Waals surface area (Å²) in [5.41, 5.74) is 3.98. The lowest BCUT2D eigenvalue weighted by atomic mass is 9.88. The summed E-state index contributed by atoms with van der Waals surface area (Å²) in [4.78, 5) is 25.9. The smallest absolute Gasteiger partial charge is 0.194 e. The quantitative estimate of drug-likeness (QED) is 0.650. The third-order valence-electron chi connectivity index (χ3n) is 4.28. The Hall–Kier alpha value is -3.00. The van der Waals surface area contributed by atoms with Gasteiger partial charge in [-0.15, -0.1) is 0 Å². The summed E-state index contributed by atoms with van der Waals surface area (Å²) in [5, 5.41) is 0. The van der Waals surface area contributed by atoms with Crippen molar-refractivity contribution in [2.24, 2.45) is 0 Å². The summed E-state index contributed by atoms with van der Waals surface area (Å²) in [6, 6.07) is 21.8. The van der Waals surface area contributed by atoms with Gasteiger partial charge in [0.05, 0.1) is 0 Å². The number of ketones is 2. The van der Waals surface area contributed by atoms with Gasteiger partial charge in [-0.2, -0.15) is 0 Å². The van der Waals surface area contributed by atoms with Crippen LogP contribution in [-0.4, -0.2) is 11.6 Å². The summed E-state index contributed by atoms with van der Waals surface area (Å²) in [7, 11) is 0. The first-order chi connectivity index (χ1) is 11.6. The lowest BCUT2D eigenvalue weighted by molar-refractivity contribution is 0.100. The average molecular weight is 314 g/mol. The molecule has 0 aliphatic carbocycles. The molecule has 118 valence electrons. The number of carbonyl (C=O) groups is 2. The Morgan fingerprint density at radius 3 is 1.67 bits per heavy atom. The van der Waals surface area contributed by atoms with Crippen molar-refractivity contribution in [3.05, 3.63) is 106 Å². The van der Waals surface area contributed by atoms with Crippen LogP contribution in [0.4, 0.5) is 0 Å². The normalized spacial score (nSPS) is 10.4. The molecular weight excluding hydrogens is 296 g/mol. The highest BCUT2D eigenvalue weighted by Crippen LogP contribution is 2.24. The van der Waals surface area contributed by atoms with E-state index in [1.165, 1.54) is 0 Å². The lowest BCUT2D eigenvalue weighted by Gasteiger charge is -2.13. The number of hydrogen-bond donors (Lipinski definition) is 0. The fourth-order valence-corrected chi connectivity index (χ4v) is 2.78. The van der Waals surface area contributed by atoms with Gasteiger partial charge in [-0.05, 0) is 25.0 Å². The molecule has 0 amide bonds. The van der Waals surface area contributed by atoms with Gasteiger partial charge < -0.3 is 0 Å². The van der Waals surface area contributed by atoms with Gasteiger partial charge in [-0.1, -0.05) is 72.8 Å². The minimum atomic E-state index is -0.127. The lowest BCUT2D eigenvalue weighted by Crippen LogP contribution is -2.14. The molecule has 0 saturated carbocycles. The summed E-state index contributed by atoms with van der Waals surface area (Å²) in [6.07, 6.45) is 0. The molecule has 3 rings (SSSR count). The van der Waals surface area contributed by atoms with E-state index >= 15 is 0 Å². The second kappa shape index (κ2) is 6.63. The molecule has 2 nitrogen and oxygen atoms in total. The van der Waals surface area contributed by atoms with Crippen LogP contribution in [0.3, 0.4) is 0 Å².